The van der Waals surface area contributed by atoms with Gasteiger partial charge in [-0.3, -0.25) is 19.4 Å². The molecule has 128 valence electrons. The molecule has 0 saturated heterocycles. The van der Waals surface area contributed by atoms with Crippen LogP contribution in [0.5, 0.6) is 5.75 Å². The minimum atomic E-state index is -1.41. The van der Waals surface area contributed by atoms with Crippen molar-refractivity contribution in [2.45, 2.75) is 33.6 Å². The van der Waals surface area contributed by atoms with E-state index in [1.54, 1.807) is 31.3 Å². The Morgan fingerprint density at radius 3 is 2.44 bits per heavy atom. The standard InChI is InChI=1S/C20H19NO4/c1-18(2)19(3)9-10-20(18,16(23)15(19)22)17(24)25-13-8-4-6-12-7-5-11-21-14(12)13/h4-8,11H,9-10H2,1-3H3/t19-,20-/m0/s1. The molecule has 0 N–H and O–H groups in total. The van der Waals surface area contributed by atoms with E-state index in [1.165, 1.54) is 0 Å². The number of para-hydroxylation sites is 1. The molecule has 0 aliphatic heterocycles. The summed E-state index contributed by atoms with van der Waals surface area (Å²) in [5, 5.41) is 0.842. The number of rotatable bonds is 2. The van der Waals surface area contributed by atoms with Crippen LogP contribution in [0.4, 0.5) is 0 Å². The van der Waals surface area contributed by atoms with E-state index in [0.29, 0.717) is 24.1 Å². The maximum absolute atomic E-state index is 13.1. The third kappa shape index (κ3) is 1.68. The first-order valence-corrected chi connectivity index (χ1v) is 8.41. The fourth-order valence-corrected chi connectivity index (χ4v) is 4.57. The number of benzene rings is 1. The summed E-state index contributed by atoms with van der Waals surface area (Å²) >= 11 is 0. The number of ether oxygens (including phenoxy) is 1. The summed E-state index contributed by atoms with van der Waals surface area (Å²) in [6.07, 6.45) is 2.49. The second kappa shape index (κ2) is 4.75. The lowest BCUT2D eigenvalue weighted by Gasteiger charge is -2.36. The van der Waals surface area contributed by atoms with Gasteiger partial charge in [0.25, 0.3) is 0 Å². The highest BCUT2D eigenvalue weighted by atomic mass is 16.5. The summed E-state index contributed by atoms with van der Waals surface area (Å²) < 4.78 is 5.66. The van der Waals surface area contributed by atoms with Gasteiger partial charge in [-0.25, -0.2) is 0 Å². The average molecular weight is 337 g/mol. The fraction of sp³-hybridized carbons (Fsp3) is 0.400. The van der Waals surface area contributed by atoms with Gasteiger partial charge in [-0.2, -0.15) is 0 Å². The quantitative estimate of drug-likeness (QED) is 0.364. The number of hydrogen-bond acceptors (Lipinski definition) is 5. The van der Waals surface area contributed by atoms with E-state index in [2.05, 4.69) is 4.98 Å². The van der Waals surface area contributed by atoms with Gasteiger partial charge in [0.1, 0.15) is 10.9 Å². The predicted octanol–water partition coefficient (Wildman–Crippen LogP) is 3.10. The van der Waals surface area contributed by atoms with Crippen LogP contribution >= 0.6 is 0 Å². The highest BCUT2D eigenvalue weighted by Crippen LogP contribution is 2.69. The van der Waals surface area contributed by atoms with Crippen LogP contribution < -0.4 is 4.74 Å². The summed E-state index contributed by atoms with van der Waals surface area (Å²) in [4.78, 5) is 42.7. The monoisotopic (exact) mass is 337 g/mol. The van der Waals surface area contributed by atoms with Crippen LogP contribution in [0, 0.1) is 16.2 Å². The van der Waals surface area contributed by atoms with Gasteiger partial charge in [0, 0.05) is 22.4 Å². The Morgan fingerprint density at radius 2 is 1.76 bits per heavy atom. The molecule has 0 radical (unpaired) electrons. The molecule has 2 aliphatic rings. The summed E-state index contributed by atoms with van der Waals surface area (Å²) in [5.41, 5.74) is -2.43. The zero-order valence-corrected chi connectivity index (χ0v) is 14.5. The Morgan fingerprint density at radius 1 is 1.04 bits per heavy atom. The summed E-state index contributed by atoms with van der Waals surface area (Å²) in [7, 11) is 0. The van der Waals surface area contributed by atoms with Gasteiger partial charge in [0.2, 0.25) is 11.6 Å². The molecule has 1 aromatic heterocycles. The molecule has 2 aromatic rings. The predicted molar refractivity (Wildman–Crippen MR) is 90.9 cm³/mol. The summed E-state index contributed by atoms with van der Waals surface area (Å²) in [6, 6.07) is 8.98. The topological polar surface area (TPSA) is 73.3 Å². The molecule has 0 amide bonds. The summed E-state index contributed by atoms with van der Waals surface area (Å²) in [6.45, 7) is 5.44. The van der Waals surface area contributed by atoms with Crippen LogP contribution in [0.15, 0.2) is 36.5 Å². The highest BCUT2D eigenvalue weighted by Gasteiger charge is 2.78. The molecule has 2 aliphatic carbocycles. The fourth-order valence-electron chi connectivity index (χ4n) is 4.57. The molecule has 5 nitrogen and oxygen atoms in total. The van der Waals surface area contributed by atoms with Crippen molar-refractivity contribution < 1.29 is 19.1 Å². The van der Waals surface area contributed by atoms with Crippen molar-refractivity contribution in [1.29, 1.82) is 0 Å². The van der Waals surface area contributed by atoms with E-state index in [9.17, 15) is 14.4 Å². The minimum absolute atomic E-state index is 0.314. The number of Topliss-reactive ketones (excluding diaryl/α,β-unsaturated/α-hetero) is 2. The SMILES string of the molecule is CC1(C)[C@@]2(C(=O)Oc3cccc4cccnc34)CC[C@@]1(C)C(=O)C2=O. The van der Waals surface area contributed by atoms with Crippen molar-refractivity contribution in [2.24, 2.45) is 16.2 Å². The molecule has 2 saturated carbocycles. The number of ketones is 2. The van der Waals surface area contributed by atoms with Gasteiger partial charge < -0.3 is 4.74 Å². The number of carbonyl (C=O) groups excluding carboxylic acids is 3. The normalized spacial score (nSPS) is 30.0. The molecule has 25 heavy (non-hydrogen) atoms. The number of hydrogen-bond donors (Lipinski definition) is 0. The molecule has 0 spiro atoms. The Hall–Kier alpha value is -2.56. The third-order valence-corrected chi connectivity index (χ3v) is 6.69. The van der Waals surface area contributed by atoms with Gasteiger partial charge in [0.15, 0.2) is 5.75 Å². The second-order valence-electron chi connectivity index (χ2n) is 7.74. The van der Waals surface area contributed by atoms with Crippen molar-refractivity contribution in [1.82, 2.24) is 4.98 Å². The zero-order valence-electron chi connectivity index (χ0n) is 14.5. The van der Waals surface area contributed by atoms with E-state index in [-0.39, 0.29) is 0 Å². The Kier molecular flexibility index (Phi) is 3.03. The van der Waals surface area contributed by atoms with Crippen LogP contribution in [0.25, 0.3) is 10.9 Å². The van der Waals surface area contributed by atoms with Crippen molar-refractivity contribution in [3.8, 4) is 5.75 Å². The van der Waals surface area contributed by atoms with Crippen molar-refractivity contribution in [2.75, 3.05) is 0 Å². The lowest BCUT2D eigenvalue weighted by molar-refractivity contribution is -0.157. The first-order valence-electron chi connectivity index (χ1n) is 8.41. The molecular formula is C20H19NO4. The molecule has 2 bridgehead atoms. The van der Waals surface area contributed by atoms with Crippen LogP contribution in [0.1, 0.15) is 33.6 Å². The highest BCUT2D eigenvalue weighted by molar-refractivity contribution is 6.48. The van der Waals surface area contributed by atoms with Crippen LogP contribution in [0.2, 0.25) is 0 Å². The van der Waals surface area contributed by atoms with E-state index in [1.807, 2.05) is 26.0 Å². The largest absolute Gasteiger partial charge is 0.423 e. The van der Waals surface area contributed by atoms with Crippen molar-refractivity contribution in [3.63, 3.8) is 0 Å². The van der Waals surface area contributed by atoms with Crippen LogP contribution in [-0.4, -0.2) is 22.5 Å². The lowest BCUT2D eigenvalue weighted by Crippen LogP contribution is -2.47. The van der Waals surface area contributed by atoms with E-state index < -0.39 is 33.8 Å². The number of fused-ring (bicyclic) bond motifs is 3. The van der Waals surface area contributed by atoms with Crippen LogP contribution in [-0.2, 0) is 14.4 Å². The van der Waals surface area contributed by atoms with Gasteiger partial charge in [-0.1, -0.05) is 39.0 Å². The van der Waals surface area contributed by atoms with Gasteiger partial charge in [0.05, 0.1) is 0 Å². The molecule has 1 heterocycles. The van der Waals surface area contributed by atoms with E-state index in [4.69, 9.17) is 4.74 Å². The molecule has 5 heteroatoms. The number of esters is 1. The third-order valence-electron chi connectivity index (χ3n) is 6.69. The molecule has 4 rings (SSSR count). The Bertz CT molecular complexity index is 942. The van der Waals surface area contributed by atoms with E-state index >= 15 is 0 Å². The van der Waals surface area contributed by atoms with E-state index in [0.717, 1.165) is 5.39 Å². The second-order valence-corrected chi connectivity index (χ2v) is 7.74. The lowest BCUT2D eigenvalue weighted by atomic mass is 9.65. The zero-order chi connectivity index (χ0) is 18.0. The smallest absolute Gasteiger partial charge is 0.326 e. The molecular weight excluding hydrogens is 318 g/mol. The number of carbonyl (C=O) groups is 3. The number of pyridine rings is 1. The summed E-state index contributed by atoms with van der Waals surface area (Å²) in [5.74, 6) is -1.38. The van der Waals surface area contributed by atoms with Gasteiger partial charge >= 0.3 is 5.97 Å². The maximum Gasteiger partial charge on any atom is 0.326 e. The minimum Gasteiger partial charge on any atom is -0.423 e. The van der Waals surface area contributed by atoms with Crippen molar-refractivity contribution >= 4 is 28.4 Å². The number of nitrogens with zero attached hydrogens (tertiary/aromatic N) is 1. The van der Waals surface area contributed by atoms with Crippen LogP contribution in [0.3, 0.4) is 0 Å². The first kappa shape index (κ1) is 15.9. The Labute approximate surface area is 145 Å². The average Bonchev–Trinajstić information content (AvgIpc) is 2.87. The maximum atomic E-state index is 13.1. The molecule has 1 aromatic carbocycles. The molecule has 0 unspecified atom stereocenters. The first-order chi connectivity index (χ1) is 11.8. The van der Waals surface area contributed by atoms with Gasteiger partial charge in [-0.05, 0) is 25.0 Å². The molecule has 2 fully saturated rings. The Balaban J connectivity index is 1.79. The van der Waals surface area contributed by atoms with Crippen molar-refractivity contribution in [3.05, 3.63) is 36.5 Å². The number of aromatic nitrogens is 1. The van der Waals surface area contributed by atoms with Gasteiger partial charge in [-0.15, -0.1) is 0 Å². The molecule has 2 atom stereocenters.